The van der Waals surface area contributed by atoms with E-state index in [9.17, 15) is 9.59 Å². The molecule has 112 valence electrons. The van der Waals surface area contributed by atoms with Gasteiger partial charge in [0, 0.05) is 27.1 Å². The van der Waals surface area contributed by atoms with Crippen LogP contribution in [0.4, 0.5) is 0 Å². The number of likely N-dealkylation sites (N-methyl/N-ethyl adjacent to an activating group) is 1. The molecule has 0 aliphatic heterocycles. The van der Waals surface area contributed by atoms with Gasteiger partial charge in [-0.2, -0.15) is 0 Å². The van der Waals surface area contributed by atoms with Crippen LogP contribution < -0.4 is 0 Å². The Bertz CT molecular complexity index is 457. The Morgan fingerprint density at radius 3 is 2.25 bits per heavy atom. The summed E-state index contributed by atoms with van der Waals surface area (Å²) in [6.07, 6.45) is 2.94. The van der Waals surface area contributed by atoms with E-state index in [4.69, 9.17) is 0 Å². The number of rotatable bonds is 5. The topological polar surface area (TPSA) is 53.0 Å². The summed E-state index contributed by atoms with van der Waals surface area (Å²) >= 11 is 3.50. The molecule has 5 nitrogen and oxygen atoms in total. The Hall–Kier alpha value is -1.17. The lowest BCUT2D eigenvalue weighted by Gasteiger charge is -2.33. The third-order valence-corrected chi connectivity index (χ3v) is 4.46. The van der Waals surface area contributed by atoms with Crippen molar-refractivity contribution < 1.29 is 9.59 Å². The highest BCUT2D eigenvalue weighted by atomic mass is 79.9. The lowest BCUT2D eigenvalue weighted by atomic mass is 9.76. The van der Waals surface area contributed by atoms with Gasteiger partial charge in [-0.25, -0.2) is 4.99 Å². The van der Waals surface area contributed by atoms with Crippen molar-refractivity contribution >= 4 is 32.9 Å². The van der Waals surface area contributed by atoms with Gasteiger partial charge in [-0.3, -0.25) is 9.59 Å². The monoisotopic (exact) mass is 343 g/mol. The number of hydrogen-bond acceptors (Lipinski definition) is 3. The molecule has 0 heterocycles. The summed E-state index contributed by atoms with van der Waals surface area (Å²) in [6, 6.07) is 0. The molecular formula is C14H22BrN3O2. The van der Waals surface area contributed by atoms with Crippen LogP contribution in [-0.4, -0.2) is 47.9 Å². The average molecular weight is 344 g/mol. The van der Waals surface area contributed by atoms with E-state index in [0.717, 1.165) is 11.0 Å². The first-order valence-electron chi connectivity index (χ1n) is 6.64. The quantitative estimate of drug-likeness (QED) is 0.436. The van der Waals surface area contributed by atoms with E-state index >= 15 is 0 Å². The fourth-order valence-electron chi connectivity index (χ4n) is 2.11. The first-order valence-corrected chi connectivity index (χ1v) is 7.43. The van der Waals surface area contributed by atoms with Gasteiger partial charge in [0.25, 0.3) is 5.91 Å². The third-order valence-electron chi connectivity index (χ3n) is 3.69. The highest BCUT2D eigenvalue weighted by molar-refractivity contribution is 9.18. The first kappa shape index (κ1) is 16.9. The Labute approximate surface area is 128 Å². The van der Waals surface area contributed by atoms with E-state index in [1.165, 1.54) is 16.2 Å². The molecule has 0 aromatic heterocycles. The van der Waals surface area contributed by atoms with E-state index in [2.05, 4.69) is 27.8 Å². The molecule has 2 amide bonds. The summed E-state index contributed by atoms with van der Waals surface area (Å²) in [4.78, 5) is 30.4. The van der Waals surface area contributed by atoms with Crippen LogP contribution in [0.5, 0.6) is 0 Å². The van der Waals surface area contributed by atoms with Crippen molar-refractivity contribution in [2.24, 2.45) is 16.8 Å². The van der Waals surface area contributed by atoms with Gasteiger partial charge in [0.1, 0.15) is 5.82 Å². The summed E-state index contributed by atoms with van der Waals surface area (Å²) in [7, 11) is 4.96. The Kier molecular flexibility index (Phi) is 5.92. The van der Waals surface area contributed by atoms with E-state index in [-0.39, 0.29) is 5.91 Å². The van der Waals surface area contributed by atoms with Gasteiger partial charge in [-0.1, -0.05) is 6.92 Å². The van der Waals surface area contributed by atoms with Gasteiger partial charge < -0.3 is 9.80 Å². The fourth-order valence-corrected chi connectivity index (χ4v) is 2.96. The minimum atomic E-state index is -0.153. The molecule has 0 N–H and O–H groups in total. The number of nitrogens with zero attached hydrogens (tertiary/aromatic N) is 3. The normalized spacial score (nSPS) is 23.6. The lowest BCUT2D eigenvalue weighted by Crippen LogP contribution is -2.30. The van der Waals surface area contributed by atoms with Crippen LogP contribution in [0.2, 0.25) is 0 Å². The SMILES string of the molecule is C/C(C(=O)N(C)C)=C(\N=C(Br)C1CCC1C)N(C)C=O. The fraction of sp³-hybridized carbons (Fsp3) is 0.643. The van der Waals surface area contributed by atoms with Crippen LogP contribution in [0.1, 0.15) is 26.7 Å². The number of carbonyl (C=O) groups is 2. The lowest BCUT2D eigenvalue weighted by molar-refractivity contribution is -0.124. The largest absolute Gasteiger partial charge is 0.345 e. The maximum atomic E-state index is 12.0. The molecule has 20 heavy (non-hydrogen) atoms. The second-order valence-corrected chi connectivity index (χ2v) is 6.27. The van der Waals surface area contributed by atoms with Crippen LogP contribution >= 0.6 is 15.9 Å². The van der Waals surface area contributed by atoms with Crippen LogP contribution in [-0.2, 0) is 9.59 Å². The van der Waals surface area contributed by atoms with Crippen molar-refractivity contribution in [1.29, 1.82) is 0 Å². The molecule has 0 saturated heterocycles. The molecule has 0 aromatic carbocycles. The number of hydrogen-bond donors (Lipinski definition) is 0. The maximum Gasteiger partial charge on any atom is 0.252 e. The van der Waals surface area contributed by atoms with Gasteiger partial charge in [-0.05, 0) is 41.6 Å². The molecule has 1 saturated carbocycles. The molecular weight excluding hydrogens is 322 g/mol. The number of carbonyl (C=O) groups excluding carboxylic acids is 2. The Balaban J connectivity index is 3.13. The van der Waals surface area contributed by atoms with Gasteiger partial charge >= 0.3 is 0 Å². The minimum absolute atomic E-state index is 0.153. The molecule has 2 atom stereocenters. The Morgan fingerprint density at radius 2 is 1.90 bits per heavy atom. The molecule has 6 heteroatoms. The molecule has 1 aliphatic rings. The summed E-state index contributed by atoms with van der Waals surface area (Å²) in [5.41, 5.74) is 0.452. The highest BCUT2D eigenvalue weighted by Gasteiger charge is 2.30. The van der Waals surface area contributed by atoms with Gasteiger partial charge in [0.15, 0.2) is 0 Å². The molecule has 2 unspecified atom stereocenters. The van der Waals surface area contributed by atoms with E-state index in [1.807, 2.05) is 0 Å². The van der Waals surface area contributed by atoms with E-state index < -0.39 is 0 Å². The van der Waals surface area contributed by atoms with Gasteiger partial charge in [0.05, 0.1) is 10.2 Å². The molecule has 0 aromatic rings. The van der Waals surface area contributed by atoms with Crippen molar-refractivity contribution in [3.63, 3.8) is 0 Å². The summed E-state index contributed by atoms with van der Waals surface area (Å²) in [5.74, 6) is 1.21. The molecule has 1 rings (SSSR count). The van der Waals surface area contributed by atoms with Crippen molar-refractivity contribution in [3.8, 4) is 0 Å². The zero-order valence-electron chi connectivity index (χ0n) is 12.7. The zero-order chi connectivity index (χ0) is 15.4. The summed E-state index contributed by atoms with van der Waals surface area (Å²) in [5, 5.41) is 0. The summed E-state index contributed by atoms with van der Waals surface area (Å²) in [6.45, 7) is 3.86. The van der Waals surface area contributed by atoms with Gasteiger partial charge in [0.2, 0.25) is 6.41 Å². The highest BCUT2D eigenvalue weighted by Crippen LogP contribution is 2.37. The Morgan fingerprint density at radius 1 is 1.30 bits per heavy atom. The maximum absolute atomic E-state index is 12.0. The number of amides is 2. The molecule has 1 aliphatic carbocycles. The smallest absolute Gasteiger partial charge is 0.252 e. The van der Waals surface area contributed by atoms with Crippen molar-refractivity contribution in [3.05, 3.63) is 11.4 Å². The predicted octanol–water partition coefficient (Wildman–Crippen LogP) is 2.23. The molecule has 1 fully saturated rings. The van der Waals surface area contributed by atoms with E-state index in [0.29, 0.717) is 29.6 Å². The second kappa shape index (κ2) is 7.02. The number of halogens is 1. The minimum Gasteiger partial charge on any atom is -0.345 e. The van der Waals surface area contributed by atoms with Crippen LogP contribution in [0.15, 0.2) is 16.4 Å². The van der Waals surface area contributed by atoms with Crippen LogP contribution in [0.25, 0.3) is 0 Å². The number of aliphatic imine (C=N–C) groups is 1. The molecule has 0 bridgehead atoms. The third kappa shape index (κ3) is 3.69. The van der Waals surface area contributed by atoms with Crippen molar-refractivity contribution in [2.75, 3.05) is 21.1 Å². The standard InChI is InChI=1S/C14H22BrN3O2/c1-9-6-7-11(9)12(15)16-13(18(5)8-19)10(2)14(20)17(3)4/h8-9,11H,6-7H2,1-5H3/b13-10-,16-12?. The summed E-state index contributed by atoms with van der Waals surface area (Å²) < 4.78 is 0.811. The van der Waals surface area contributed by atoms with Crippen molar-refractivity contribution in [2.45, 2.75) is 26.7 Å². The van der Waals surface area contributed by atoms with Crippen molar-refractivity contribution in [1.82, 2.24) is 9.80 Å². The predicted molar refractivity (Wildman–Crippen MR) is 83.5 cm³/mol. The second-order valence-electron chi connectivity index (χ2n) is 5.46. The zero-order valence-corrected chi connectivity index (χ0v) is 14.3. The molecule has 0 spiro atoms. The van der Waals surface area contributed by atoms with Crippen LogP contribution in [0, 0.1) is 11.8 Å². The first-order chi connectivity index (χ1) is 9.29. The van der Waals surface area contributed by atoms with E-state index in [1.54, 1.807) is 28.1 Å². The molecule has 0 radical (unpaired) electrons. The van der Waals surface area contributed by atoms with Gasteiger partial charge in [-0.15, -0.1) is 0 Å². The average Bonchev–Trinajstić information content (AvgIpc) is 2.40. The van der Waals surface area contributed by atoms with Crippen LogP contribution in [0.3, 0.4) is 0 Å².